The van der Waals surface area contributed by atoms with Crippen LogP contribution in [0.25, 0.3) is 0 Å². The van der Waals surface area contributed by atoms with Crippen molar-refractivity contribution in [3.63, 3.8) is 0 Å². The topological polar surface area (TPSA) is 102 Å². The Morgan fingerprint density at radius 2 is 2.14 bits per heavy atom. The molecule has 1 aromatic heterocycles. The standard InChI is InChI=1S/C22H28F3N7O3/c1-30(2)9-10-35-15-5-7-26-18(11-15)29-21(34)32-14-6-8-31(12-14)17-4-3-16(28-19(17)32)20(33)27-13-22(23,24)25/h3-5,7,11,14,16,28H,6,8-10,12-13H2,1-2H3,(H,27,33)(H,26,29,34)/t14-,16?/m0/s1. The largest absolute Gasteiger partial charge is 0.492 e. The van der Waals surface area contributed by atoms with Crippen LogP contribution < -0.4 is 20.7 Å². The number of urea groups is 1. The number of halogens is 3. The smallest absolute Gasteiger partial charge is 0.405 e. The van der Waals surface area contributed by atoms with Gasteiger partial charge in [-0.15, -0.1) is 0 Å². The third-order valence-electron chi connectivity index (χ3n) is 5.83. The molecule has 13 heteroatoms. The second kappa shape index (κ2) is 10.0. The summed E-state index contributed by atoms with van der Waals surface area (Å²) < 4.78 is 43.3. The average Bonchev–Trinajstić information content (AvgIpc) is 3.21. The van der Waals surface area contributed by atoms with Gasteiger partial charge in [-0.25, -0.2) is 9.78 Å². The van der Waals surface area contributed by atoms with Crippen LogP contribution in [0.3, 0.4) is 0 Å². The molecule has 190 valence electrons. The Morgan fingerprint density at radius 1 is 1.34 bits per heavy atom. The van der Waals surface area contributed by atoms with Crippen LogP contribution in [0, 0.1) is 0 Å². The second-order valence-electron chi connectivity index (χ2n) is 8.77. The summed E-state index contributed by atoms with van der Waals surface area (Å²) in [6.07, 6.45) is 0.888. The Bertz CT molecular complexity index is 1030. The number of nitrogens with one attached hydrogen (secondary N) is 3. The summed E-state index contributed by atoms with van der Waals surface area (Å²) in [5.41, 5.74) is 0.711. The van der Waals surface area contributed by atoms with E-state index in [0.29, 0.717) is 42.7 Å². The van der Waals surface area contributed by atoms with E-state index >= 15 is 0 Å². The Kier molecular flexibility index (Phi) is 7.05. The van der Waals surface area contributed by atoms with Gasteiger partial charge >= 0.3 is 12.2 Å². The minimum absolute atomic E-state index is 0.161. The van der Waals surface area contributed by atoms with E-state index in [9.17, 15) is 22.8 Å². The lowest BCUT2D eigenvalue weighted by atomic mass is 10.1. The number of hydrogen-bond donors (Lipinski definition) is 3. The van der Waals surface area contributed by atoms with Crippen LogP contribution in [0.2, 0.25) is 0 Å². The van der Waals surface area contributed by atoms with E-state index in [1.807, 2.05) is 24.3 Å². The number of carbonyl (C=O) groups is 2. The number of fused-ring (bicyclic) bond motifs is 3. The number of alkyl halides is 3. The third kappa shape index (κ3) is 5.96. The predicted molar refractivity (Wildman–Crippen MR) is 121 cm³/mol. The fourth-order valence-electron chi connectivity index (χ4n) is 4.14. The third-order valence-corrected chi connectivity index (χ3v) is 5.83. The van der Waals surface area contributed by atoms with Gasteiger partial charge in [0.2, 0.25) is 5.91 Å². The predicted octanol–water partition coefficient (Wildman–Crippen LogP) is 1.32. The highest BCUT2D eigenvalue weighted by molar-refractivity contribution is 5.91. The highest BCUT2D eigenvalue weighted by Crippen LogP contribution is 2.33. The van der Waals surface area contributed by atoms with Crippen molar-refractivity contribution in [3.05, 3.63) is 42.0 Å². The average molecular weight is 496 g/mol. The molecule has 0 saturated carbocycles. The molecule has 1 fully saturated rings. The molecule has 3 N–H and O–H groups in total. The van der Waals surface area contributed by atoms with Crippen LogP contribution in [0.1, 0.15) is 6.42 Å². The first kappa shape index (κ1) is 24.6. The molecular weight excluding hydrogens is 467 g/mol. The molecule has 35 heavy (non-hydrogen) atoms. The molecule has 3 aliphatic heterocycles. The lowest BCUT2D eigenvalue weighted by Crippen LogP contribution is -2.56. The zero-order valence-electron chi connectivity index (χ0n) is 19.4. The van der Waals surface area contributed by atoms with Gasteiger partial charge in [0.1, 0.15) is 36.6 Å². The van der Waals surface area contributed by atoms with Crippen LogP contribution in [0.15, 0.2) is 42.0 Å². The molecule has 0 aromatic carbocycles. The number of carbonyl (C=O) groups excluding carboxylic acids is 2. The Hall–Kier alpha value is -3.48. The van der Waals surface area contributed by atoms with E-state index in [4.69, 9.17) is 4.74 Å². The summed E-state index contributed by atoms with van der Waals surface area (Å²) in [6.45, 7) is 1.10. The molecule has 1 saturated heterocycles. The lowest BCUT2D eigenvalue weighted by molar-refractivity contribution is -0.138. The number of ether oxygens (including phenoxy) is 1. The number of pyridine rings is 1. The van der Waals surface area contributed by atoms with Crippen LogP contribution in [-0.2, 0) is 4.79 Å². The number of rotatable bonds is 7. The summed E-state index contributed by atoms with van der Waals surface area (Å²) in [4.78, 5) is 35.4. The summed E-state index contributed by atoms with van der Waals surface area (Å²) in [6, 6.07) is 1.65. The number of amides is 3. The minimum Gasteiger partial charge on any atom is -0.492 e. The van der Waals surface area contributed by atoms with E-state index < -0.39 is 30.7 Å². The van der Waals surface area contributed by atoms with E-state index in [-0.39, 0.29) is 6.04 Å². The van der Waals surface area contributed by atoms with Crippen molar-refractivity contribution < 1.29 is 27.5 Å². The molecule has 1 unspecified atom stereocenters. The van der Waals surface area contributed by atoms with Crippen molar-refractivity contribution in [2.75, 3.05) is 52.2 Å². The molecule has 3 amide bonds. The summed E-state index contributed by atoms with van der Waals surface area (Å²) in [7, 11) is 3.87. The van der Waals surface area contributed by atoms with Crippen molar-refractivity contribution in [1.82, 2.24) is 30.3 Å². The maximum atomic E-state index is 13.3. The molecule has 0 radical (unpaired) electrons. The fourth-order valence-corrected chi connectivity index (χ4v) is 4.14. The van der Waals surface area contributed by atoms with Gasteiger partial charge in [-0.1, -0.05) is 6.08 Å². The van der Waals surface area contributed by atoms with Crippen molar-refractivity contribution in [3.8, 4) is 5.75 Å². The van der Waals surface area contributed by atoms with E-state index in [2.05, 4.69) is 20.5 Å². The molecular formula is C22H28F3N7O3. The van der Waals surface area contributed by atoms with Crippen LogP contribution in [0.4, 0.5) is 23.8 Å². The zero-order chi connectivity index (χ0) is 25.2. The van der Waals surface area contributed by atoms with Gasteiger partial charge in [0.25, 0.3) is 0 Å². The van der Waals surface area contributed by atoms with Gasteiger partial charge in [-0.2, -0.15) is 13.2 Å². The highest BCUT2D eigenvalue weighted by atomic mass is 19.4. The maximum absolute atomic E-state index is 13.3. The highest BCUT2D eigenvalue weighted by Gasteiger charge is 2.43. The Labute approximate surface area is 200 Å². The van der Waals surface area contributed by atoms with Gasteiger partial charge in [0.15, 0.2) is 0 Å². The van der Waals surface area contributed by atoms with Crippen LogP contribution in [0.5, 0.6) is 5.75 Å². The van der Waals surface area contributed by atoms with E-state index in [1.165, 1.54) is 17.2 Å². The van der Waals surface area contributed by atoms with Crippen molar-refractivity contribution in [2.24, 2.45) is 0 Å². The fraction of sp³-hybridized carbons (Fsp3) is 0.500. The summed E-state index contributed by atoms with van der Waals surface area (Å²) in [5.74, 6) is 0.403. The van der Waals surface area contributed by atoms with Crippen molar-refractivity contribution in [1.29, 1.82) is 0 Å². The van der Waals surface area contributed by atoms with Gasteiger partial charge in [0, 0.05) is 31.9 Å². The number of dihydropyridines is 1. The van der Waals surface area contributed by atoms with Crippen molar-refractivity contribution >= 4 is 17.8 Å². The number of nitrogens with zero attached hydrogens (tertiary/aromatic N) is 4. The molecule has 2 atom stereocenters. The SMILES string of the molecule is CN(C)CCOc1ccnc(NC(=O)N2C3=C(C=CC(C(=O)NCC(F)(F)F)N3)N3CC[C@H]2C3)c1. The van der Waals surface area contributed by atoms with Crippen LogP contribution in [-0.4, -0.2) is 96.8 Å². The molecule has 3 aliphatic rings. The lowest BCUT2D eigenvalue weighted by Gasteiger charge is -2.40. The van der Waals surface area contributed by atoms with E-state index in [0.717, 1.165) is 13.1 Å². The molecule has 0 aliphatic carbocycles. The minimum atomic E-state index is -4.52. The summed E-state index contributed by atoms with van der Waals surface area (Å²) in [5, 5.41) is 7.60. The maximum Gasteiger partial charge on any atom is 0.405 e. The van der Waals surface area contributed by atoms with Gasteiger partial charge in [0.05, 0.1) is 11.7 Å². The number of likely N-dealkylation sites (N-methyl/N-ethyl adjacent to an activating group) is 1. The number of hydrogen-bond acceptors (Lipinski definition) is 7. The number of allylic oxidation sites excluding steroid dienone is 1. The molecule has 2 bridgehead atoms. The van der Waals surface area contributed by atoms with Gasteiger partial charge < -0.3 is 25.2 Å². The first-order valence-electron chi connectivity index (χ1n) is 11.2. The first-order chi connectivity index (χ1) is 16.6. The van der Waals surface area contributed by atoms with Gasteiger partial charge in [-0.05, 0) is 32.7 Å². The molecule has 4 rings (SSSR count). The Balaban J connectivity index is 1.46. The molecule has 4 heterocycles. The zero-order valence-corrected chi connectivity index (χ0v) is 19.4. The molecule has 1 aromatic rings. The number of aromatic nitrogens is 1. The summed E-state index contributed by atoms with van der Waals surface area (Å²) >= 11 is 0. The normalized spacial score (nSPS) is 21.1. The number of anilines is 1. The molecule has 0 spiro atoms. The van der Waals surface area contributed by atoms with Crippen LogP contribution >= 0.6 is 0 Å². The second-order valence-corrected chi connectivity index (χ2v) is 8.77. The monoisotopic (exact) mass is 495 g/mol. The first-order valence-corrected chi connectivity index (χ1v) is 11.2. The quantitative estimate of drug-likeness (QED) is 0.525. The van der Waals surface area contributed by atoms with Crippen molar-refractivity contribution in [2.45, 2.75) is 24.7 Å². The molecule has 10 nitrogen and oxygen atoms in total. The van der Waals surface area contributed by atoms with Gasteiger partial charge in [-0.3, -0.25) is 15.0 Å². The Morgan fingerprint density at radius 3 is 2.89 bits per heavy atom. The van der Waals surface area contributed by atoms with E-state index in [1.54, 1.807) is 18.2 Å².